The van der Waals surface area contributed by atoms with Gasteiger partial charge < -0.3 is 15.5 Å². The average molecular weight is 398 g/mol. The fourth-order valence-corrected chi connectivity index (χ4v) is 2.09. The van der Waals surface area contributed by atoms with Crippen LogP contribution in [0.5, 0.6) is 0 Å². The zero-order valence-corrected chi connectivity index (χ0v) is 16.4. The molecule has 0 heterocycles. The van der Waals surface area contributed by atoms with Crippen molar-refractivity contribution in [1.29, 1.82) is 0 Å². The molecule has 20 heavy (non-hydrogen) atoms. The minimum atomic E-state index is 0. The smallest absolute Gasteiger partial charge is 0.190 e. The first-order valence-electron chi connectivity index (χ1n) is 7.88. The Bertz CT molecular complexity index is 226. The zero-order valence-electron chi connectivity index (χ0n) is 14.0. The van der Waals surface area contributed by atoms with Crippen molar-refractivity contribution in [2.45, 2.75) is 47.0 Å². The van der Waals surface area contributed by atoms with Gasteiger partial charge in [0.1, 0.15) is 0 Å². The molecule has 0 aliphatic carbocycles. The average Bonchev–Trinajstić information content (AvgIpc) is 2.46. The van der Waals surface area contributed by atoms with Crippen LogP contribution < -0.4 is 10.6 Å². The van der Waals surface area contributed by atoms with Gasteiger partial charge in [0, 0.05) is 20.1 Å². The largest absolute Gasteiger partial charge is 0.356 e. The van der Waals surface area contributed by atoms with Crippen LogP contribution in [0.15, 0.2) is 4.99 Å². The van der Waals surface area contributed by atoms with E-state index in [2.05, 4.69) is 48.2 Å². The predicted molar refractivity (Wildman–Crippen MR) is 101 cm³/mol. The van der Waals surface area contributed by atoms with Crippen molar-refractivity contribution >= 4 is 29.9 Å². The van der Waals surface area contributed by atoms with Crippen molar-refractivity contribution in [3.05, 3.63) is 0 Å². The van der Waals surface area contributed by atoms with E-state index in [9.17, 15) is 0 Å². The molecule has 0 saturated carbocycles. The van der Waals surface area contributed by atoms with E-state index in [-0.39, 0.29) is 24.0 Å². The molecule has 0 atom stereocenters. The summed E-state index contributed by atoms with van der Waals surface area (Å²) in [4.78, 5) is 6.71. The lowest BCUT2D eigenvalue weighted by Crippen LogP contribution is -2.40. The fraction of sp³-hybridized carbons (Fsp3) is 0.933. The summed E-state index contributed by atoms with van der Waals surface area (Å²) in [5.74, 6) is 1.68. The van der Waals surface area contributed by atoms with Gasteiger partial charge in [-0.1, -0.05) is 40.5 Å². The van der Waals surface area contributed by atoms with Gasteiger partial charge in [-0.3, -0.25) is 4.99 Å². The van der Waals surface area contributed by atoms with Crippen molar-refractivity contribution in [1.82, 2.24) is 15.5 Å². The molecular weight excluding hydrogens is 363 g/mol. The van der Waals surface area contributed by atoms with Crippen LogP contribution >= 0.6 is 24.0 Å². The maximum absolute atomic E-state index is 4.27. The van der Waals surface area contributed by atoms with E-state index in [0.29, 0.717) is 0 Å². The van der Waals surface area contributed by atoms with Crippen molar-refractivity contribution in [3.63, 3.8) is 0 Å². The highest BCUT2D eigenvalue weighted by Crippen LogP contribution is 2.04. The Kier molecular flexibility index (Phi) is 17.1. The third kappa shape index (κ3) is 10.7. The highest BCUT2D eigenvalue weighted by Gasteiger charge is 2.04. The Labute approximate surface area is 143 Å². The van der Waals surface area contributed by atoms with E-state index < -0.39 is 0 Å². The van der Waals surface area contributed by atoms with Gasteiger partial charge in [-0.15, -0.1) is 24.0 Å². The number of rotatable bonds is 10. The molecule has 0 radical (unpaired) electrons. The summed E-state index contributed by atoms with van der Waals surface area (Å²) in [6, 6.07) is 0. The summed E-state index contributed by atoms with van der Waals surface area (Å²) in [7, 11) is 1.84. The molecule has 0 aromatic rings. The lowest BCUT2D eigenvalue weighted by Gasteiger charge is -2.19. The third-order valence-corrected chi connectivity index (χ3v) is 3.77. The molecule has 0 spiro atoms. The summed E-state index contributed by atoms with van der Waals surface area (Å²) >= 11 is 0. The van der Waals surface area contributed by atoms with Gasteiger partial charge in [-0.05, 0) is 32.0 Å². The molecule has 0 rings (SSSR count). The van der Waals surface area contributed by atoms with Gasteiger partial charge in [0.25, 0.3) is 0 Å². The molecule has 0 fully saturated rings. The van der Waals surface area contributed by atoms with E-state index in [1.807, 2.05) is 7.05 Å². The number of nitrogens with zero attached hydrogens (tertiary/aromatic N) is 2. The highest BCUT2D eigenvalue weighted by atomic mass is 127. The Morgan fingerprint density at radius 2 is 1.65 bits per heavy atom. The normalized spacial score (nSPS) is 11.7. The second-order valence-electron chi connectivity index (χ2n) is 4.94. The number of aliphatic imine (C=N–C) groups is 1. The summed E-state index contributed by atoms with van der Waals surface area (Å²) in [6.45, 7) is 14.4. The number of nitrogens with one attached hydrogen (secondary N) is 2. The molecule has 0 amide bonds. The molecule has 0 saturated heterocycles. The quantitative estimate of drug-likeness (QED) is 0.257. The minimum absolute atomic E-state index is 0. The Morgan fingerprint density at radius 1 is 1.05 bits per heavy atom. The maximum atomic E-state index is 4.27. The molecule has 5 heteroatoms. The molecular formula is C15H35IN4. The second-order valence-corrected chi connectivity index (χ2v) is 4.94. The van der Waals surface area contributed by atoms with Gasteiger partial charge in [-0.25, -0.2) is 0 Å². The third-order valence-electron chi connectivity index (χ3n) is 3.77. The van der Waals surface area contributed by atoms with Crippen LogP contribution in [0.4, 0.5) is 0 Å². The molecule has 0 aromatic carbocycles. The highest BCUT2D eigenvalue weighted by molar-refractivity contribution is 14.0. The molecule has 2 N–H and O–H groups in total. The van der Waals surface area contributed by atoms with E-state index >= 15 is 0 Å². The van der Waals surface area contributed by atoms with Crippen LogP contribution in [0.1, 0.15) is 47.0 Å². The monoisotopic (exact) mass is 398 g/mol. The van der Waals surface area contributed by atoms with Crippen LogP contribution in [0.25, 0.3) is 0 Å². The van der Waals surface area contributed by atoms with Crippen LogP contribution in [0, 0.1) is 5.92 Å². The molecule has 4 nitrogen and oxygen atoms in total. The van der Waals surface area contributed by atoms with Crippen molar-refractivity contribution in [2.75, 3.05) is 39.8 Å². The van der Waals surface area contributed by atoms with Crippen LogP contribution in [0.3, 0.4) is 0 Å². The van der Waals surface area contributed by atoms with Crippen LogP contribution in [-0.2, 0) is 0 Å². The molecule has 0 aliphatic heterocycles. The Hall–Kier alpha value is -0.0400. The summed E-state index contributed by atoms with van der Waals surface area (Å²) in [6.07, 6.45) is 3.61. The molecule has 122 valence electrons. The van der Waals surface area contributed by atoms with Gasteiger partial charge in [0.15, 0.2) is 5.96 Å². The molecule has 0 aromatic heterocycles. The second kappa shape index (κ2) is 15.4. The summed E-state index contributed by atoms with van der Waals surface area (Å²) in [5.41, 5.74) is 0. The molecule has 0 unspecified atom stereocenters. The first-order chi connectivity index (χ1) is 9.21. The standard InChI is InChI=1S/C15H34N4.HI/c1-6-14(7-2)13-18-15(16-5)17-11-10-12-19(8-3)9-4;/h14H,6-13H2,1-5H3,(H2,16,17,18);1H. The number of hydrogen-bond acceptors (Lipinski definition) is 2. The van der Waals surface area contributed by atoms with E-state index in [4.69, 9.17) is 0 Å². The minimum Gasteiger partial charge on any atom is -0.356 e. The van der Waals surface area contributed by atoms with Crippen molar-refractivity contribution in [2.24, 2.45) is 10.9 Å². The SMILES string of the molecule is CCC(CC)CNC(=NC)NCCCN(CC)CC.I. The van der Waals surface area contributed by atoms with Crippen LogP contribution in [-0.4, -0.2) is 50.6 Å². The van der Waals surface area contributed by atoms with Crippen LogP contribution in [0.2, 0.25) is 0 Å². The topological polar surface area (TPSA) is 39.7 Å². The van der Waals surface area contributed by atoms with E-state index in [1.54, 1.807) is 0 Å². The zero-order chi connectivity index (χ0) is 14.5. The maximum Gasteiger partial charge on any atom is 0.190 e. The first kappa shape index (κ1) is 22.2. The molecule has 0 bridgehead atoms. The summed E-state index contributed by atoms with van der Waals surface area (Å²) < 4.78 is 0. The van der Waals surface area contributed by atoms with E-state index in [1.165, 1.54) is 12.8 Å². The lowest BCUT2D eigenvalue weighted by molar-refractivity contribution is 0.300. The predicted octanol–water partition coefficient (Wildman–Crippen LogP) is 2.94. The number of guanidine groups is 1. The van der Waals surface area contributed by atoms with Gasteiger partial charge in [-0.2, -0.15) is 0 Å². The van der Waals surface area contributed by atoms with Crippen molar-refractivity contribution in [3.8, 4) is 0 Å². The van der Waals surface area contributed by atoms with E-state index in [0.717, 1.165) is 51.0 Å². The van der Waals surface area contributed by atoms with Gasteiger partial charge in [0.05, 0.1) is 0 Å². The first-order valence-corrected chi connectivity index (χ1v) is 7.88. The van der Waals surface area contributed by atoms with Gasteiger partial charge in [0.2, 0.25) is 0 Å². The Morgan fingerprint density at radius 3 is 2.10 bits per heavy atom. The van der Waals surface area contributed by atoms with Crippen molar-refractivity contribution < 1.29 is 0 Å². The summed E-state index contributed by atoms with van der Waals surface area (Å²) in [5, 5.41) is 6.80. The van der Waals surface area contributed by atoms with Gasteiger partial charge >= 0.3 is 0 Å². The fourth-order valence-electron chi connectivity index (χ4n) is 2.09. The number of hydrogen-bond donors (Lipinski definition) is 2. The lowest BCUT2D eigenvalue weighted by atomic mass is 10.0. The number of halogens is 1. The molecule has 0 aliphatic rings. The Balaban J connectivity index is 0.